The van der Waals surface area contributed by atoms with Gasteiger partial charge in [0.05, 0.1) is 28.8 Å². The summed E-state index contributed by atoms with van der Waals surface area (Å²) in [6, 6.07) is 44.8. The predicted molar refractivity (Wildman–Crippen MR) is 169 cm³/mol. The van der Waals surface area contributed by atoms with Gasteiger partial charge in [0, 0.05) is 40.8 Å². The van der Waals surface area contributed by atoms with E-state index >= 15 is 0 Å². The van der Waals surface area contributed by atoms with E-state index < -0.39 is 0 Å². The molecule has 4 aromatic carbocycles. The normalized spacial score (nSPS) is 17.0. The van der Waals surface area contributed by atoms with E-state index in [4.69, 9.17) is 9.97 Å². The number of fused-ring (bicyclic) bond motifs is 4. The number of benzene rings is 4. The molecule has 0 aliphatic carbocycles. The number of nitrogens with zero attached hydrogens (tertiary/aromatic N) is 4. The zero-order chi connectivity index (χ0) is 27.2. The zero-order valence-corrected chi connectivity index (χ0v) is 22.3. The average molecular weight is 527 g/mol. The summed E-state index contributed by atoms with van der Waals surface area (Å²) in [5.74, 6) is 0.270. The molecule has 6 aromatic rings. The van der Waals surface area contributed by atoms with E-state index in [0.717, 1.165) is 39.6 Å². The van der Waals surface area contributed by atoms with Crippen molar-refractivity contribution in [3.8, 4) is 33.9 Å². The Morgan fingerprint density at radius 1 is 0.537 bits per heavy atom. The van der Waals surface area contributed by atoms with Crippen LogP contribution in [-0.2, 0) is 0 Å². The molecule has 2 aromatic heterocycles. The quantitative estimate of drug-likeness (QED) is 0.230. The van der Waals surface area contributed by atoms with Crippen LogP contribution in [0, 0.1) is 0 Å². The lowest BCUT2D eigenvalue weighted by Gasteiger charge is -2.28. The summed E-state index contributed by atoms with van der Waals surface area (Å²) in [5.41, 5.74) is 9.49. The summed E-state index contributed by atoms with van der Waals surface area (Å²) in [5, 5.41) is 2.44. The Hall–Kier alpha value is -5.35. The summed E-state index contributed by atoms with van der Waals surface area (Å²) < 4.78 is 0. The highest BCUT2D eigenvalue weighted by molar-refractivity contribution is 5.87. The Balaban J connectivity index is 1.10. The third-order valence-electron chi connectivity index (χ3n) is 8.08. The molecule has 0 fully saturated rings. The molecule has 4 nitrogen and oxygen atoms in total. The van der Waals surface area contributed by atoms with Crippen LogP contribution in [0.15, 0.2) is 145 Å². The van der Waals surface area contributed by atoms with Gasteiger partial charge in [-0.3, -0.25) is 4.99 Å². The number of aliphatic imine (C=N–C) groups is 1. The van der Waals surface area contributed by atoms with E-state index in [1.54, 1.807) is 0 Å². The first-order valence-corrected chi connectivity index (χ1v) is 13.9. The van der Waals surface area contributed by atoms with Crippen LogP contribution < -0.4 is 4.90 Å². The van der Waals surface area contributed by atoms with E-state index in [1.165, 1.54) is 22.0 Å². The van der Waals surface area contributed by atoms with Crippen molar-refractivity contribution in [2.24, 2.45) is 4.99 Å². The average Bonchev–Trinajstić information content (AvgIpc) is 3.39. The van der Waals surface area contributed by atoms with E-state index in [0.29, 0.717) is 0 Å². The molecule has 2 unspecified atom stereocenters. The van der Waals surface area contributed by atoms with Gasteiger partial charge in [-0.15, -0.1) is 0 Å². The lowest BCUT2D eigenvalue weighted by Crippen LogP contribution is -2.29. The molecule has 0 saturated heterocycles. The minimum Gasteiger partial charge on any atom is -0.333 e. The van der Waals surface area contributed by atoms with Crippen LogP contribution in [-0.4, -0.2) is 22.2 Å². The highest BCUT2D eigenvalue weighted by Crippen LogP contribution is 2.46. The molecular formula is C37H26N4. The second-order valence-corrected chi connectivity index (χ2v) is 10.5. The summed E-state index contributed by atoms with van der Waals surface area (Å²) in [6.07, 6.45) is 6.17. The monoisotopic (exact) mass is 526 g/mol. The number of hydrogen-bond donors (Lipinski definition) is 0. The standard InChI is InChI=1S/C37H26N4/c1-2-8-27-23-28(16-15-25(27)7-1)33-11-6-13-35(40-33)34-12-5-10-32(39-34)26-17-19-29(20-18-26)41-36-14-4-3-9-30(36)31-24-38-22-21-37(31)41/h1-24,31,37H. The third kappa shape index (κ3) is 4.12. The number of anilines is 2. The number of aromatic nitrogens is 2. The third-order valence-corrected chi connectivity index (χ3v) is 8.08. The molecule has 0 N–H and O–H groups in total. The Labute approximate surface area is 239 Å². The van der Waals surface area contributed by atoms with Gasteiger partial charge < -0.3 is 4.90 Å². The fourth-order valence-electron chi connectivity index (χ4n) is 6.08. The molecule has 0 radical (unpaired) electrons. The molecule has 2 atom stereocenters. The number of rotatable bonds is 4. The minimum atomic E-state index is 0.234. The van der Waals surface area contributed by atoms with Crippen molar-refractivity contribution in [3.05, 3.63) is 145 Å². The van der Waals surface area contributed by atoms with Crippen LogP contribution in [0.5, 0.6) is 0 Å². The highest BCUT2D eigenvalue weighted by atomic mass is 15.2. The molecule has 0 spiro atoms. The first kappa shape index (κ1) is 23.5. The van der Waals surface area contributed by atoms with Crippen molar-refractivity contribution in [3.63, 3.8) is 0 Å². The SMILES string of the molecule is C1=CC2C(C=N1)c1ccccc1N2c1ccc(-c2cccc(-c3cccc(-c4ccc5ccccc5c4)n3)n2)cc1. The molecule has 194 valence electrons. The van der Waals surface area contributed by atoms with Gasteiger partial charge in [-0.1, -0.05) is 78.9 Å². The van der Waals surface area contributed by atoms with Gasteiger partial charge in [-0.25, -0.2) is 9.97 Å². The summed E-state index contributed by atoms with van der Waals surface area (Å²) in [6.45, 7) is 0. The van der Waals surface area contributed by atoms with Crippen molar-refractivity contribution in [1.82, 2.24) is 9.97 Å². The van der Waals surface area contributed by atoms with Crippen molar-refractivity contribution in [1.29, 1.82) is 0 Å². The maximum absolute atomic E-state index is 5.02. The molecule has 0 amide bonds. The summed E-state index contributed by atoms with van der Waals surface area (Å²) in [7, 11) is 0. The van der Waals surface area contributed by atoms with Crippen LogP contribution in [0.4, 0.5) is 11.4 Å². The molecule has 2 aliphatic heterocycles. The van der Waals surface area contributed by atoms with Crippen molar-refractivity contribution in [2.75, 3.05) is 4.90 Å². The number of hydrogen-bond acceptors (Lipinski definition) is 4. The van der Waals surface area contributed by atoms with E-state index in [1.807, 2.05) is 18.3 Å². The van der Waals surface area contributed by atoms with Gasteiger partial charge in [0.25, 0.3) is 0 Å². The topological polar surface area (TPSA) is 41.4 Å². The lowest BCUT2D eigenvalue weighted by molar-refractivity contribution is 0.780. The largest absolute Gasteiger partial charge is 0.333 e. The molecule has 8 rings (SSSR count). The predicted octanol–water partition coefficient (Wildman–Crippen LogP) is 8.83. The van der Waals surface area contributed by atoms with Crippen LogP contribution in [0.3, 0.4) is 0 Å². The number of para-hydroxylation sites is 1. The molecule has 4 heterocycles. The van der Waals surface area contributed by atoms with Gasteiger partial charge in [0.1, 0.15) is 0 Å². The molecule has 0 bridgehead atoms. The van der Waals surface area contributed by atoms with Crippen LogP contribution in [0.25, 0.3) is 44.7 Å². The summed E-state index contributed by atoms with van der Waals surface area (Å²) >= 11 is 0. The zero-order valence-electron chi connectivity index (χ0n) is 22.3. The second-order valence-electron chi connectivity index (χ2n) is 10.5. The van der Waals surface area contributed by atoms with Crippen molar-refractivity contribution < 1.29 is 0 Å². The second kappa shape index (κ2) is 9.68. The fraction of sp³-hybridized carbons (Fsp3) is 0.0541. The first-order valence-electron chi connectivity index (χ1n) is 13.9. The Kier molecular flexibility index (Phi) is 5.56. The highest BCUT2D eigenvalue weighted by Gasteiger charge is 2.37. The van der Waals surface area contributed by atoms with E-state index in [-0.39, 0.29) is 12.0 Å². The Bertz CT molecular complexity index is 1970. The van der Waals surface area contributed by atoms with Gasteiger partial charge in [-0.2, -0.15) is 0 Å². The smallest absolute Gasteiger partial charge is 0.0893 e. The van der Waals surface area contributed by atoms with Crippen LogP contribution >= 0.6 is 0 Å². The van der Waals surface area contributed by atoms with Crippen molar-refractivity contribution in [2.45, 2.75) is 12.0 Å². The molecule has 0 saturated carbocycles. The minimum absolute atomic E-state index is 0.234. The van der Waals surface area contributed by atoms with Gasteiger partial charge in [0.15, 0.2) is 0 Å². The molecule has 2 aliphatic rings. The molecular weight excluding hydrogens is 500 g/mol. The van der Waals surface area contributed by atoms with Crippen LogP contribution in [0.2, 0.25) is 0 Å². The van der Waals surface area contributed by atoms with Gasteiger partial charge in [-0.05, 0) is 70.9 Å². The number of pyridine rings is 2. The van der Waals surface area contributed by atoms with Gasteiger partial charge in [0.2, 0.25) is 0 Å². The molecule has 4 heteroatoms. The van der Waals surface area contributed by atoms with Crippen LogP contribution in [0.1, 0.15) is 11.5 Å². The van der Waals surface area contributed by atoms with E-state index in [2.05, 4.69) is 137 Å². The van der Waals surface area contributed by atoms with Crippen molar-refractivity contribution >= 4 is 28.4 Å². The van der Waals surface area contributed by atoms with Gasteiger partial charge >= 0.3 is 0 Å². The maximum atomic E-state index is 5.02. The lowest BCUT2D eigenvalue weighted by atomic mass is 9.95. The fourth-order valence-corrected chi connectivity index (χ4v) is 6.08. The maximum Gasteiger partial charge on any atom is 0.0893 e. The van der Waals surface area contributed by atoms with E-state index in [9.17, 15) is 0 Å². The Morgan fingerprint density at radius 2 is 1.20 bits per heavy atom. The summed E-state index contributed by atoms with van der Waals surface area (Å²) in [4.78, 5) is 16.9. The first-order chi connectivity index (χ1) is 20.3. The molecule has 41 heavy (non-hydrogen) atoms. The Morgan fingerprint density at radius 3 is 2.00 bits per heavy atom.